The van der Waals surface area contributed by atoms with E-state index in [-0.39, 0.29) is 99.3 Å². The average molecular weight is 1920 g/mol. The second kappa shape index (κ2) is 49.9. The maximum atomic E-state index is 12.0. The van der Waals surface area contributed by atoms with Crippen molar-refractivity contribution in [3.8, 4) is 0 Å². The van der Waals surface area contributed by atoms with Gasteiger partial charge in [0, 0.05) is 0 Å². The molecule has 30 aliphatic rings. The Morgan fingerprint density at radius 2 is 0.233 bits per heavy atom. The van der Waals surface area contributed by atoms with Gasteiger partial charge in [-0.3, -0.25) is 39.9 Å². The van der Waals surface area contributed by atoms with Crippen LogP contribution in [0, 0.1) is 0 Å². The van der Waals surface area contributed by atoms with Crippen LogP contribution in [0.3, 0.4) is 0 Å². The van der Waals surface area contributed by atoms with E-state index in [1.165, 1.54) is 0 Å². The number of guanidine groups is 8. The van der Waals surface area contributed by atoms with Gasteiger partial charge in [0.25, 0.3) is 0 Å². The van der Waals surface area contributed by atoms with Gasteiger partial charge in [0.1, 0.15) is 195 Å². The normalized spacial score (nSPS) is 42.4. The summed E-state index contributed by atoms with van der Waals surface area (Å²) in [6.45, 7) is -5.54. The van der Waals surface area contributed by atoms with E-state index in [2.05, 4.69) is 39.9 Å². The lowest BCUT2D eigenvalue weighted by atomic mass is 9.94. The highest BCUT2D eigenvalue weighted by molar-refractivity contribution is 5.86. The molecule has 16 bridgehead atoms. The highest BCUT2D eigenvalue weighted by atomic mass is 35.5. The van der Waals surface area contributed by atoms with Crippen LogP contribution in [0.15, 0.2) is 39.9 Å². The van der Waals surface area contributed by atoms with Crippen molar-refractivity contribution >= 4 is 147 Å². The summed E-state index contributed by atoms with van der Waals surface area (Å²) in [4.78, 5) is 31.5. The zero-order valence-electron chi connectivity index (χ0n) is 62.5. The fraction of sp³-hybridized carbons (Fsp3) is 0.857. The fourth-order valence-electron chi connectivity index (χ4n) is 13.5. The quantitative estimate of drug-likeness (QED) is 0.0504. The van der Waals surface area contributed by atoms with E-state index in [0.29, 0.717) is 0 Å². The lowest BCUT2D eigenvalue weighted by molar-refractivity contribution is -0.398. The van der Waals surface area contributed by atoms with E-state index in [9.17, 15) is 81.7 Å². The summed E-state index contributed by atoms with van der Waals surface area (Å²) in [6.07, 6.45) is -82.9. The van der Waals surface area contributed by atoms with Gasteiger partial charge in [-0.1, -0.05) is 0 Å². The molecule has 704 valence electrons. The van der Waals surface area contributed by atoms with E-state index in [0.717, 1.165) is 0 Å². The van der Waals surface area contributed by atoms with Crippen LogP contribution >= 0.6 is 99.3 Å². The first-order valence-electron chi connectivity index (χ1n) is 34.5. The van der Waals surface area contributed by atoms with Gasteiger partial charge in [-0.2, -0.15) is 0 Å². The number of hydrogen-bond donors (Lipinski definition) is 32. The third-order valence-electron chi connectivity index (χ3n) is 19.1. The Kier molecular flexibility index (Phi) is 47.1. The van der Waals surface area contributed by atoms with Crippen LogP contribution in [0.25, 0.3) is 0 Å². The number of ether oxygens (including phenoxy) is 16. The van der Waals surface area contributed by atoms with Gasteiger partial charge in [-0.15, -0.1) is 99.3 Å². The van der Waals surface area contributed by atoms with Crippen molar-refractivity contribution in [2.24, 2.45) is 132 Å². The minimum atomic E-state index is -2.30. The molecule has 0 aromatic heterocycles. The van der Waals surface area contributed by atoms with Gasteiger partial charge < -0.3 is 249 Å². The zero-order valence-corrected chi connectivity index (χ0v) is 69.1. The highest BCUT2D eigenvalue weighted by Crippen LogP contribution is 2.41. The highest BCUT2D eigenvalue weighted by Gasteiger charge is 2.61. The predicted octanol–water partition coefficient (Wildman–Crippen LogP) is -19.8. The number of hydrogen-bond acceptors (Lipinski definition) is 40. The monoisotopic (exact) mass is 1910 g/mol. The molecule has 56 nitrogen and oxygen atoms in total. The first kappa shape index (κ1) is 113. The average Bonchev–Trinajstić information content (AvgIpc) is 0.771. The maximum absolute atomic E-state index is 12.0. The number of aliphatic imine (C=N–C) groups is 8. The number of aliphatic hydroxyl groups excluding tert-OH is 16. The molecule has 0 aliphatic carbocycles. The van der Waals surface area contributed by atoms with E-state index < -0.39 is 346 Å². The Morgan fingerprint density at radius 3 is 0.308 bits per heavy atom. The topological polar surface area (TPSA) is 987 Å². The smallest absolute Gasteiger partial charge is 0.187 e. The molecule has 0 unspecified atom stereocenters. The predicted molar refractivity (Wildman–Crippen MR) is 428 cm³/mol. The Hall–Kier alpha value is -4.80. The van der Waals surface area contributed by atoms with Crippen LogP contribution < -0.4 is 91.7 Å². The van der Waals surface area contributed by atoms with Gasteiger partial charge in [0.2, 0.25) is 0 Å². The van der Waals surface area contributed by atoms with Crippen molar-refractivity contribution in [3.05, 3.63) is 0 Å². The van der Waals surface area contributed by atoms with E-state index in [1.54, 1.807) is 0 Å². The van der Waals surface area contributed by atoms with Crippen LogP contribution in [-0.4, -0.2) is 427 Å². The van der Waals surface area contributed by atoms with Crippen LogP contribution in [-0.2, 0) is 75.8 Å². The standard InChI is InChI=1S/C56H104N24O32.8ClH/c57-49(58)73-1-9-33-17(81)25(89)41(97-9)106-34-10(2-74-50(59)60)99-43(27(91)19(34)83)108-36-12(4-76-52(63)64)101-45(29(93)21(36)85)110-38-14(6-78-54(67)68)103-47(31(95)23(38)87)112-40-16(8-80-56(71)72)104-48(32(96)24(40)88)111-39-15(7-79-55(69)70)102-46(30(94)22(39)86)109-37-13(5-77-53(65)66)100-44(28(92)20(37)84)107-35-11(3-75-51(61)62)98-42(105-33)26(90)18(35)82;;;;;;;;/h9-48,81-96H,1-8H2,(H4,57,58,73)(H4,59,60,74)(H4,61,62,75)(H4,63,64,76)(H4,65,66,77)(H4,67,68,78)(H4,69,70,79)(H4,71,72,80);8*1H/t9-,10-,11-,12-,13-,14-,15-,16-,17-,18-,19-,20-,21-,22-,23-,24-,25-,26-,27-,28-,29-,30-,31-,32-,33-,34-,35-,36-,37-,38-,39-,40-,41-,42-,43-,44-,45-,46-,47-,48-;;;;;;;;/m1......../s1. The number of aliphatic hydroxyl groups is 16. The summed E-state index contributed by atoms with van der Waals surface area (Å²) in [5, 5.41) is 191. The lowest BCUT2D eigenvalue weighted by Crippen LogP contribution is -2.69. The van der Waals surface area contributed by atoms with Gasteiger partial charge in [0.05, 0.1) is 52.4 Å². The molecule has 30 fully saturated rings. The molecule has 0 saturated carbocycles. The van der Waals surface area contributed by atoms with Crippen LogP contribution in [0.5, 0.6) is 0 Å². The largest absolute Gasteiger partial charge is 0.387 e. The van der Waals surface area contributed by atoms with Gasteiger partial charge in [-0.05, 0) is 0 Å². The van der Waals surface area contributed by atoms with E-state index >= 15 is 0 Å². The molecule has 30 saturated heterocycles. The summed E-state index contributed by atoms with van der Waals surface area (Å²) >= 11 is 0. The molecule has 40 atom stereocenters. The molecule has 0 aromatic carbocycles. The summed E-state index contributed by atoms with van der Waals surface area (Å²) < 4.78 is 97.5. The molecule has 64 heteroatoms. The van der Waals surface area contributed by atoms with Crippen molar-refractivity contribution < 1.29 is 157 Å². The fourth-order valence-corrected chi connectivity index (χ4v) is 13.5. The molecule has 0 spiro atoms. The third kappa shape index (κ3) is 27.6. The molecule has 0 radical (unpaired) electrons. The molecular weight excluding hydrogens is 1800 g/mol. The Bertz CT molecular complexity index is 2710. The molecule has 0 aromatic rings. The maximum Gasteiger partial charge on any atom is 0.187 e. The molecule has 30 aliphatic heterocycles. The van der Waals surface area contributed by atoms with Crippen molar-refractivity contribution in [2.75, 3.05) is 52.4 Å². The van der Waals surface area contributed by atoms with Crippen LogP contribution in [0.4, 0.5) is 0 Å². The van der Waals surface area contributed by atoms with E-state index in [1.807, 2.05) is 0 Å². The molecule has 120 heavy (non-hydrogen) atoms. The molecule has 30 rings (SSSR count). The first-order chi connectivity index (χ1) is 52.7. The second-order valence-corrected chi connectivity index (χ2v) is 27.1. The van der Waals surface area contributed by atoms with Crippen LogP contribution in [0.1, 0.15) is 0 Å². The van der Waals surface area contributed by atoms with Gasteiger partial charge in [-0.25, -0.2) is 0 Å². The van der Waals surface area contributed by atoms with Gasteiger partial charge >= 0.3 is 0 Å². The zero-order chi connectivity index (χ0) is 82.3. The lowest BCUT2D eigenvalue weighted by Gasteiger charge is -2.50. The van der Waals surface area contributed by atoms with E-state index in [4.69, 9.17) is 168 Å². The summed E-state index contributed by atoms with van der Waals surface area (Å²) in [7, 11) is 0. The molecule has 0 amide bonds. The Balaban J connectivity index is 0.00000900. The van der Waals surface area contributed by atoms with Gasteiger partial charge in [0.15, 0.2) is 98.0 Å². The van der Waals surface area contributed by atoms with Crippen molar-refractivity contribution in [1.82, 2.24) is 0 Å². The number of halogens is 8. The third-order valence-corrected chi connectivity index (χ3v) is 19.1. The summed E-state index contributed by atoms with van der Waals surface area (Å²) in [6, 6.07) is 0. The summed E-state index contributed by atoms with van der Waals surface area (Å²) in [5.74, 6) is -4.66. The van der Waals surface area contributed by atoms with Crippen molar-refractivity contribution in [1.29, 1.82) is 0 Å². The summed E-state index contributed by atoms with van der Waals surface area (Å²) in [5.41, 5.74) is 91.3. The number of nitrogens with zero attached hydrogens (tertiary/aromatic N) is 8. The molecule has 30 heterocycles. The Morgan fingerprint density at radius 1 is 0.150 bits per heavy atom. The number of nitrogens with two attached hydrogens (primary N) is 16. The second-order valence-electron chi connectivity index (χ2n) is 27.1. The van der Waals surface area contributed by atoms with Crippen molar-refractivity contribution in [3.63, 3.8) is 0 Å². The van der Waals surface area contributed by atoms with Crippen molar-refractivity contribution in [2.45, 2.75) is 246 Å². The molecular formula is C56H112Cl8N24O32. The Labute approximate surface area is 730 Å². The van der Waals surface area contributed by atoms with Crippen LogP contribution in [0.2, 0.25) is 0 Å². The first-order valence-corrected chi connectivity index (χ1v) is 34.5. The number of rotatable bonds is 16. The molecule has 48 N–H and O–H groups in total. The minimum absolute atomic E-state index is 0. The minimum Gasteiger partial charge on any atom is -0.387 e. The SMILES string of the molecule is Cl.Cl.Cl.Cl.Cl.Cl.Cl.Cl.NC(N)=NC[C@H]1O[C@@H]2O[C@H]3[C@H](O)[C@@H](O)[C@@H](O[C@H]4[C@H](O)[C@@H](O)[C@@H](O[C@H]5[C@H](O)[C@@H](O)[C@@H](O[C@H]6[C@H](O)[C@@H](O)[C@@H](O[C@H]7[C@H](O)[C@@H](O)[C@@H](O[C@H]8[C@H](O)[C@@H](O)[C@@H](O[C@H]9[C@H](O)[C@@H](O)[C@@H](O[C@H]1[C@H](O)[C@H]2O)O[C@@H]9CN=C(N)N)O[C@@H]8CN=C(N)N)O[C@@H]7CN=C(N)N)O[C@@H]6CN=C(N)N)O[C@@H]5CN=C(N)N)O[C@@H]4CN=C(N)N)O[C@@H]3CN=C(N)N.